The smallest absolute Gasteiger partial charge is 0.251 e. The molecule has 1 heterocycles. The molecule has 1 amide bonds. The van der Waals surface area contributed by atoms with Gasteiger partial charge in [0.05, 0.1) is 16.3 Å². The van der Waals surface area contributed by atoms with Crippen molar-refractivity contribution in [3.63, 3.8) is 0 Å². The number of aliphatic hydroxyl groups excluding tert-OH is 1. The van der Waals surface area contributed by atoms with E-state index in [0.717, 1.165) is 10.2 Å². The molecule has 2 rings (SSSR count). The van der Waals surface area contributed by atoms with Crippen LogP contribution in [-0.4, -0.2) is 28.6 Å². The van der Waals surface area contributed by atoms with Gasteiger partial charge in [-0.25, -0.2) is 4.98 Å². The number of nitrogen functional groups attached to an aromatic ring is 1. The van der Waals surface area contributed by atoms with E-state index in [9.17, 15) is 9.90 Å². The number of hydrogen-bond acceptors (Lipinski definition) is 5. The van der Waals surface area contributed by atoms with Gasteiger partial charge in [-0.05, 0) is 30.5 Å². The predicted octanol–water partition coefficient (Wildman–Crippen LogP) is 2.02. The zero-order chi connectivity index (χ0) is 14.7. The lowest BCUT2D eigenvalue weighted by Gasteiger charge is -2.13. The van der Waals surface area contributed by atoms with Crippen molar-refractivity contribution in [2.45, 2.75) is 26.4 Å². The monoisotopic (exact) mass is 293 g/mol. The molecule has 4 N–H and O–H groups in total. The Kier molecular flexibility index (Phi) is 4.57. The van der Waals surface area contributed by atoms with E-state index in [1.165, 1.54) is 11.3 Å². The first kappa shape index (κ1) is 14.7. The summed E-state index contributed by atoms with van der Waals surface area (Å²) in [6.45, 7) is 4.33. The van der Waals surface area contributed by atoms with Crippen molar-refractivity contribution in [1.82, 2.24) is 10.3 Å². The topological polar surface area (TPSA) is 88.2 Å². The molecular formula is C14H19N3O2S. The van der Waals surface area contributed by atoms with Crippen molar-refractivity contribution in [2.75, 3.05) is 12.3 Å². The van der Waals surface area contributed by atoms with Crippen LogP contribution in [0.2, 0.25) is 0 Å². The third-order valence-corrected chi connectivity index (χ3v) is 3.76. The van der Waals surface area contributed by atoms with Crippen LogP contribution in [0.3, 0.4) is 0 Å². The van der Waals surface area contributed by atoms with Crippen LogP contribution in [0, 0.1) is 5.92 Å². The Labute approximate surface area is 121 Å². The minimum absolute atomic E-state index is 0.193. The minimum atomic E-state index is -0.512. The van der Waals surface area contributed by atoms with Crippen molar-refractivity contribution < 1.29 is 9.90 Å². The van der Waals surface area contributed by atoms with Gasteiger partial charge in [-0.1, -0.05) is 25.2 Å². The second-order valence-electron chi connectivity index (χ2n) is 5.23. The molecule has 108 valence electrons. The van der Waals surface area contributed by atoms with Gasteiger partial charge in [0, 0.05) is 12.1 Å². The summed E-state index contributed by atoms with van der Waals surface area (Å²) < 4.78 is 0.887. The molecule has 1 aromatic heterocycles. The van der Waals surface area contributed by atoms with E-state index in [4.69, 9.17) is 5.73 Å². The van der Waals surface area contributed by atoms with E-state index < -0.39 is 6.10 Å². The lowest BCUT2D eigenvalue weighted by Crippen LogP contribution is -2.32. The van der Waals surface area contributed by atoms with Crippen LogP contribution in [0.1, 0.15) is 30.6 Å². The number of nitrogens with zero attached hydrogens (tertiary/aromatic N) is 1. The van der Waals surface area contributed by atoms with Crippen LogP contribution in [0.15, 0.2) is 18.2 Å². The number of anilines is 1. The zero-order valence-electron chi connectivity index (χ0n) is 11.6. The van der Waals surface area contributed by atoms with Crippen LogP contribution in [0.5, 0.6) is 0 Å². The first-order valence-corrected chi connectivity index (χ1v) is 7.39. The maximum atomic E-state index is 12.0. The first-order chi connectivity index (χ1) is 9.45. The number of carbonyl (C=O) groups excluding carboxylic acids is 1. The van der Waals surface area contributed by atoms with E-state index in [2.05, 4.69) is 10.3 Å². The number of aromatic nitrogens is 1. The van der Waals surface area contributed by atoms with Gasteiger partial charge in [0.1, 0.15) is 0 Å². The van der Waals surface area contributed by atoms with E-state index in [-0.39, 0.29) is 12.5 Å². The highest BCUT2D eigenvalue weighted by atomic mass is 32.1. The molecule has 0 fully saturated rings. The Morgan fingerprint density at radius 1 is 1.50 bits per heavy atom. The largest absolute Gasteiger partial charge is 0.391 e. The standard InChI is InChI=1S/C14H19N3O2S/c1-8(2)5-10(18)7-16-13(19)9-3-4-11-12(6-9)20-14(15)17-11/h3-4,6,8,10,18H,5,7H2,1-2H3,(H2,15,17)(H,16,19). The summed E-state index contributed by atoms with van der Waals surface area (Å²) in [5.74, 6) is 0.208. The Morgan fingerprint density at radius 3 is 2.95 bits per heavy atom. The summed E-state index contributed by atoms with van der Waals surface area (Å²) >= 11 is 1.35. The molecule has 1 unspecified atom stereocenters. The van der Waals surface area contributed by atoms with Crippen molar-refractivity contribution in [2.24, 2.45) is 5.92 Å². The summed E-state index contributed by atoms with van der Waals surface area (Å²) in [6, 6.07) is 5.26. The van der Waals surface area contributed by atoms with E-state index in [1.54, 1.807) is 18.2 Å². The number of rotatable bonds is 5. The molecule has 20 heavy (non-hydrogen) atoms. The summed E-state index contributed by atoms with van der Waals surface area (Å²) in [5, 5.41) is 13.0. The number of nitrogens with two attached hydrogens (primary N) is 1. The summed E-state index contributed by atoms with van der Waals surface area (Å²) in [6.07, 6.45) is 0.159. The second-order valence-corrected chi connectivity index (χ2v) is 6.29. The fraction of sp³-hybridized carbons (Fsp3) is 0.429. The average molecular weight is 293 g/mol. The highest BCUT2D eigenvalue weighted by Gasteiger charge is 2.11. The maximum Gasteiger partial charge on any atom is 0.251 e. The lowest BCUT2D eigenvalue weighted by atomic mass is 10.1. The van der Waals surface area contributed by atoms with Gasteiger partial charge < -0.3 is 16.2 Å². The highest BCUT2D eigenvalue weighted by molar-refractivity contribution is 7.22. The molecule has 6 heteroatoms. The molecular weight excluding hydrogens is 274 g/mol. The number of nitrogens with one attached hydrogen (secondary N) is 1. The Balaban J connectivity index is 2.00. The van der Waals surface area contributed by atoms with E-state index in [0.29, 0.717) is 23.0 Å². The molecule has 2 aromatic rings. The molecule has 0 aliphatic heterocycles. The number of benzene rings is 1. The zero-order valence-corrected chi connectivity index (χ0v) is 12.4. The van der Waals surface area contributed by atoms with Crippen molar-refractivity contribution in [3.05, 3.63) is 23.8 Å². The van der Waals surface area contributed by atoms with Crippen LogP contribution < -0.4 is 11.1 Å². The summed E-state index contributed by atoms with van der Waals surface area (Å²) in [7, 11) is 0. The maximum absolute atomic E-state index is 12.0. The van der Waals surface area contributed by atoms with Gasteiger partial charge in [-0.2, -0.15) is 0 Å². The second kappa shape index (κ2) is 6.19. The van der Waals surface area contributed by atoms with Gasteiger partial charge in [0.2, 0.25) is 0 Å². The van der Waals surface area contributed by atoms with Crippen LogP contribution in [0.4, 0.5) is 5.13 Å². The molecule has 0 saturated carbocycles. The predicted molar refractivity (Wildman–Crippen MR) is 81.8 cm³/mol. The number of thiazole rings is 1. The fourth-order valence-electron chi connectivity index (χ4n) is 2.02. The molecule has 0 bridgehead atoms. The molecule has 0 aliphatic carbocycles. The van der Waals surface area contributed by atoms with Gasteiger partial charge in [-0.3, -0.25) is 4.79 Å². The van der Waals surface area contributed by atoms with Crippen molar-refractivity contribution in [3.8, 4) is 0 Å². The van der Waals surface area contributed by atoms with Crippen LogP contribution in [0.25, 0.3) is 10.2 Å². The molecule has 0 aliphatic rings. The number of fused-ring (bicyclic) bond motifs is 1. The number of amides is 1. The highest BCUT2D eigenvalue weighted by Crippen LogP contribution is 2.24. The van der Waals surface area contributed by atoms with Gasteiger partial charge in [0.25, 0.3) is 5.91 Å². The van der Waals surface area contributed by atoms with Crippen LogP contribution >= 0.6 is 11.3 Å². The summed E-state index contributed by atoms with van der Waals surface area (Å²) in [5.41, 5.74) is 6.98. The van der Waals surface area contributed by atoms with E-state index >= 15 is 0 Å². The van der Waals surface area contributed by atoms with Crippen molar-refractivity contribution in [1.29, 1.82) is 0 Å². The van der Waals surface area contributed by atoms with Gasteiger partial charge in [-0.15, -0.1) is 0 Å². The Morgan fingerprint density at radius 2 is 2.25 bits per heavy atom. The SMILES string of the molecule is CC(C)CC(O)CNC(=O)c1ccc2nc(N)sc2c1. The third kappa shape index (κ3) is 3.68. The Hall–Kier alpha value is -1.66. The molecule has 0 saturated heterocycles. The lowest BCUT2D eigenvalue weighted by molar-refractivity contribution is 0.0900. The number of aliphatic hydroxyl groups is 1. The molecule has 0 spiro atoms. The van der Waals surface area contributed by atoms with E-state index in [1.807, 2.05) is 13.8 Å². The first-order valence-electron chi connectivity index (χ1n) is 6.58. The molecule has 1 atom stereocenters. The summed E-state index contributed by atoms with van der Waals surface area (Å²) in [4.78, 5) is 16.2. The molecule has 1 aromatic carbocycles. The quantitative estimate of drug-likeness (QED) is 0.787. The number of hydrogen-bond donors (Lipinski definition) is 3. The third-order valence-electron chi connectivity index (χ3n) is 2.91. The fourth-order valence-corrected chi connectivity index (χ4v) is 2.80. The molecule has 0 radical (unpaired) electrons. The Bertz CT molecular complexity index is 609. The van der Waals surface area contributed by atoms with Gasteiger partial charge in [0.15, 0.2) is 5.13 Å². The van der Waals surface area contributed by atoms with Crippen LogP contribution in [-0.2, 0) is 0 Å². The average Bonchev–Trinajstić information content (AvgIpc) is 2.74. The minimum Gasteiger partial charge on any atom is -0.391 e. The van der Waals surface area contributed by atoms with Gasteiger partial charge >= 0.3 is 0 Å². The normalized spacial score (nSPS) is 12.8. The molecule has 5 nitrogen and oxygen atoms in total. The number of carbonyl (C=O) groups is 1. The van der Waals surface area contributed by atoms with Crippen molar-refractivity contribution >= 4 is 32.6 Å².